The predicted octanol–water partition coefficient (Wildman–Crippen LogP) is 1.23. The molecule has 0 aliphatic heterocycles. The lowest BCUT2D eigenvalue weighted by atomic mass is 10.2. The summed E-state index contributed by atoms with van der Waals surface area (Å²) in [5.41, 5.74) is 7.61. The second-order valence-electron chi connectivity index (χ2n) is 4.78. The Bertz CT molecular complexity index is 552. The largest absolute Gasteiger partial charge is 0.385 e. The van der Waals surface area contributed by atoms with E-state index in [1.165, 1.54) is 0 Å². The number of aromatic nitrogens is 2. The molecule has 0 bridgehead atoms. The summed E-state index contributed by atoms with van der Waals surface area (Å²) in [5.74, 6) is -0.202. The molecule has 1 unspecified atom stereocenters. The Morgan fingerprint density at radius 2 is 2.19 bits per heavy atom. The second-order valence-corrected chi connectivity index (χ2v) is 4.78. The Hall–Kier alpha value is -2.18. The first-order valence-corrected chi connectivity index (χ1v) is 6.81. The van der Waals surface area contributed by atoms with E-state index in [0.717, 1.165) is 11.3 Å². The van der Waals surface area contributed by atoms with Gasteiger partial charge in [0, 0.05) is 31.8 Å². The van der Waals surface area contributed by atoms with E-state index in [9.17, 15) is 4.79 Å². The van der Waals surface area contributed by atoms with Crippen LogP contribution in [-0.2, 0) is 16.1 Å². The van der Waals surface area contributed by atoms with Gasteiger partial charge in [-0.2, -0.15) is 5.10 Å². The number of nitrogens with two attached hydrogens (primary N) is 1. The number of carbonyl (C=O) groups excluding carboxylic acids is 1. The topological polar surface area (TPSA) is 82.2 Å². The first-order valence-electron chi connectivity index (χ1n) is 6.81. The Morgan fingerprint density at radius 3 is 2.81 bits per heavy atom. The Morgan fingerprint density at radius 1 is 1.43 bits per heavy atom. The maximum Gasteiger partial charge on any atom is 0.241 e. The van der Waals surface area contributed by atoms with Gasteiger partial charge in [0.15, 0.2) is 0 Å². The third-order valence-electron chi connectivity index (χ3n) is 3.09. The molecule has 1 aromatic carbocycles. The molecule has 0 saturated heterocycles. The molecular weight excluding hydrogens is 268 g/mol. The van der Waals surface area contributed by atoms with Gasteiger partial charge in [-0.05, 0) is 30.2 Å². The summed E-state index contributed by atoms with van der Waals surface area (Å²) in [6, 6.07) is 8.96. The average Bonchev–Trinajstić information content (AvgIpc) is 2.99. The van der Waals surface area contributed by atoms with Gasteiger partial charge in [-0.15, -0.1) is 0 Å². The number of rotatable bonds is 7. The van der Waals surface area contributed by atoms with E-state index in [4.69, 9.17) is 10.5 Å². The van der Waals surface area contributed by atoms with E-state index in [-0.39, 0.29) is 5.91 Å². The number of hydrogen-bond donors (Lipinski definition) is 2. The highest BCUT2D eigenvalue weighted by atomic mass is 16.5. The maximum absolute atomic E-state index is 11.9. The summed E-state index contributed by atoms with van der Waals surface area (Å²) < 4.78 is 6.75. The highest BCUT2D eigenvalue weighted by Crippen LogP contribution is 2.11. The molecule has 0 radical (unpaired) electrons. The minimum atomic E-state index is -0.561. The Kier molecular flexibility index (Phi) is 5.48. The van der Waals surface area contributed by atoms with Crippen LogP contribution in [0.2, 0.25) is 0 Å². The zero-order valence-corrected chi connectivity index (χ0v) is 12.0. The van der Waals surface area contributed by atoms with Crippen molar-refractivity contribution >= 4 is 11.6 Å². The second kappa shape index (κ2) is 7.56. The van der Waals surface area contributed by atoms with Crippen molar-refractivity contribution in [2.24, 2.45) is 5.73 Å². The van der Waals surface area contributed by atoms with E-state index in [1.807, 2.05) is 41.2 Å². The van der Waals surface area contributed by atoms with Crippen LogP contribution in [0.4, 0.5) is 5.69 Å². The molecular formula is C15H20N4O2. The van der Waals surface area contributed by atoms with Gasteiger partial charge in [0.05, 0.1) is 12.6 Å². The predicted molar refractivity (Wildman–Crippen MR) is 80.9 cm³/mol. The normalized spacial score (nSPS) is 12.1. The van der Waals surface area contributed by atoms with Crippen LogP contribution in [0, 0.1) is 0 Å². The van der Waals surface area contributed by atoms with Gasteiger partial charge >= 0.3 is 0 Å². The zero-order valence-electron chi connectivity index (χ0n) is 12.0. The molecule has 0 saturated carbocycles. The minimum absolute atomic E-state index is 0.202. The van der Waals surface area contributed by atoms with Gasteiger partial charge in [-0.3, -0.25) is 9.48 Å². The molecule has 1 aromatic heterocycles. The number of nitrogens with zero attached hydrogens (tertiary/aromatic N) is 2. The summed E-state index contributed by atoms with van der Waals surface area (Å²) in [6.07, 6.45) is 4.15. The number of carbonyl (C=O) groups is 1. The lowest BCUT2D eigenvalue weighted by molar-refractivity contribution is -0.117. The fourth-order valence-electron chi connectivity index (χ4n) is 1.89. The summed E-state index contributed by atoms with van der Waals surface area (Å²) in [5, 5.41) is 6.95. The van der Waals surface area contributed by atoms with Gasteiger partial charge in [0.1, 0.15) is 0 Å². The fourth-order valence-corrected chi connectivity index (χ4v) is 1.89. The van der Waals surface area contributed by atoms with Crippen LogP contribution in [0.15, 0.2) is 42.7 Å². The van der Waals surface area contributed by atoms with Crippen LogP contribution in [0.1, 0.15) is 12.0 Å². The Balaban J connectivity index is 1.88. The van der Waals surface area contributed by atoms with Crippen LogP contribution >= 0.6 is 0 Å². The monoisotopic (exact) mass is 288 g/mol. The van der Waals surface area contributed by atoms with Crippen LogP contribution in [-0.4, -0.2) is 35.4 Å². The van der Waals surface area contributed by atoms with Crippen molar-refractivity contribution in [1.29, 1.82) is 0 Å². The van der Waals surface area contributed by atoms with Gasteiger partial charge in [0.2, 0.25) is 5.91 Å². The lowest BCUT2D eigenvalue weighted by Gasteiger charge is -2.12. The van der Waals surface area contributed by atoms with Crippen molar-refractivity contribution in [3.63, 3.8) is 0 Å². The van der Waals surface area contributed by atoms with Crippen molar-refractivity contribution in [2.75, 3.05) is 19.0 Å². The van der Waals surface area contributed by atoms with Gasteiger partial charge < -0.3 is 15.8 Å². The van der Waals surface area contributed by atoms with Gasteiger partial charge in [0.25, 0.3) is 0 Å². The molecule has 0 fully saturated rings. The number of amides is 1. The van der Waals surface area contributed by atoms with Gasteiger partial charge in [-0.1, -0.05) is 12.1 Å². The molecule has 0 aliphatic rings. The van der Waals surface area contributed by atoms with Crippen molar-refractivity contribution < 1.29 is 9.53 Å². The standard InChI is InChI=1S/C15H20N4O2/c1-21-10-7-14(16)15(20)18-13-5-3-12(4-6-13)11-19-9-2-8-17-19/h2-6,8-9,14H,7,10-11,16H2,1H3,(H,18,20). The van der Waals surface area contributed by atoms with E-state index in [0.29, 0.717) is 19.6 Å². The molecule has 112 valence electrons. The number of benzene rings is 1. The zero-order chi connectivity index (χ0) is 15.1. The van der Waals surface area contributed by atoms with E-state index in [1.54, 1.807) is 13.3 Å². The van der Waals surface area contributed by atoms with Crippen LogP contribution in [0.25, 0.3) is 0 Å². The molecule has 0 spiro atoms. The summed E-state index contributed by atoms with van der Waals surface area (Å²) >= 11 is 0. The minimum Gasteiger partial charge on any atom is -0.385 e. The molecule has 6 nitrogen and oxygen atoms in total. The number of nitrogens with one attached hydrogen (secondary N) is 1. The van der Waals surface area contributed by atoms with Gasteiger partial charge in [-0.25, -0.2) is 0 Å². The summed E-state index contributed by atoms with van der Waals surface area (Å²) in [4.78, 5) is 11.9. The third-order valence-corrected chi connectivity index (χ3v) is 3.09. The first-order chi connectivity index (χ1) is 10.2. The molecule has 2 rings (SSSR count). The van der Waals surface area contributed by atoms with Crippen molar-refractivity contribution in [1.82, 2.24) is 9.78 Å². The fraction of sp³-hybridized carbons (Fsp3) is 0.333. The molecule has 6 heteroatoms. The number of ether oxygens (including phenoxy) is 1. The molecule has 0 aliphatic carbocycles. The SMILES string of the molecule is COCCC(N)C(=O)Nc1ccc(Cn2cccn2)cc1. The number of anilines is 1. The van der Waals surface area contributed by atoms with E-state index >= 15 is 0 Å². The summed E-state index contributed by atoms with van der Waals surface area (Å²) in [6.45, 7) is 1.17. The lowest BCUT2D eigenvalue weighted by Crippen LogP contribution is -2.36. The molecule has 1 amide bonds. The van der Waals surface area contributed by atoms with Crippen LogP contribution in [0.5, 0.6) is 0 Å². The number of hydrogen-bond acceptors (Lipinski definition) is 4. The highest BCUT2D eigenvalue weighted by Gasteiger charge is 2.12. The van der Waals surface area contributed by atoms with Crippen molar-refractivity contribution in [3.05, 3.63) is 48.3 Å². The van der Waals surface area contributed by atoms with Crippen LogP contribution in [0.3, 0.4) is 0 Å². The molecule has 1 heterocycles. The highest BCUT2D eigenvalue weighted by molar-refractivity contribution is 5.94. The summed E-state index contributed by atoms with van der Waals surface area (Å²) in [7, 11) is 1.59. The number of methoxy groups -OCH3 is 1. The molecule has 1 atom stereocenters. The average molecular weight is 288 g/mol. The van der Waals surface area contributed by atoms with E-state index < -0.39 is 6.04 Å². The molecule has 3 N–H and O–H groups in total. The Labute approximate surface area is 123 Å². The molecule has 21 heavy (non-hydrogen) atoms. The first kappa shape index (κ1) is 15.2. The van der Waals surface area contributed by atoms with Crippen molar-refractivity contribution in [2.45, 2.75) is 19.0 Å². The maximum atomic E-state index is 11.9. The smallest absolute Gasteiger partial charge is 0.241 e. The quantitative estimate of drug-likeness (QED) is 0.803. The van der Waals surface area contributed by atoms with Crippen molar-refractivity contribution in [3.8, 4) is 0 Å². The third kappa shape index (κ3) is 4.70. The van der Waals surface area contributed by atoms with E-state index in [2.05, 4.69) is 10.4 Å². The van der Waals surface area contributed by atoms with Crippen LogP contribution < -0.4 is 11.1 Å². The molecule has 2 aromatic rings.